The molecule has 0 atom stereocenters. The van der Waals surface area contributed by atoms with Crippen LogP contribution >= 0.6 is 0 Å². The maximum absolute atomic E-state index is 5.95. The molecular formula is C26H19N2O2. The average Bonchev–Trinajstić information content (AvgIpc) is 2.81. The van der Waals surface area contributed by atoms with Gasteiger partial charge in [-0.15, -0.1) is 0 Å². The summed E-state index contributed by atoms with van der Waals surface area (Å²) in [6, 6.07) is 19.5. The summed E-state index contributed by atoms with van der Waals surface area (Å²) in [5.41, 5.74) is 15.0. The second-order valence-electron chi connectivity index (χ2n) is 6.07. The van der Waals surface area contributed by atoms with Crippen LogP contribution in [-0.4, -0.2) is 25.7 Å². The normalized spacial score (nSPS) is 12.5. The molecule has 0 bridgehead atoms. The Labute approximate surface area is 177 Å². The topological polar surface area (TPSA) is 34.6 Å². The summed E-state index contributed by atoms with van der Waals surface area (Å²) in [6.07, 6.45) is 3.86. The van der Waals surface area contributed by atoms with Crippen molar-refractivity contribution >= 4 is 11.5 Å². The third kappa shape index (κ3) is 4.59. The molecule has 0 unspecified atom stereocenters. The summed E-state index contributed by atoms with van der Waals surface area (Å²) in [4.78, 5) is 6.38. The molecule has 1 aromatic carbocycles. The van der Waals surface area contributed by atoms with Crippen molar-refractivity contribution in [1.82, 2.24) is 4.98 Å². The smallest absolute Gasteiger partial charge is 0.215 e. The number of methoxy groups -OCH3 is 1. The Bertz CT molecular complexity index is 1150. The molecule has 0 spiro atoms. The van der Waals surface area contributed by atoms with Crippen LogP contribution in [0.5, 0.6) is 5.88 Å². The average molecular weight is 391 g/mol. The van der Waals surface area contributed by atoms with Gasteiger partial charge in [-0.05, 0) is 61.7 Å². The van der Waals surface area contributed by atoms with Crippen LogP contribution < -0.4 is 9.64 Å². The quantitative estimate of drug-likeness (QED) is 0.373. The number of nitrogens with zero attached hydrogens (tertiary/aromatic N) is 2. The molecule has 0 fully saturated rings. The molecule has 1 aliphatic rings. The van der Waals surface area contributed by atoms with Crippen molar-refractivity contribution in [2.45, 2.75) is 13.8 Å². The van der Waals surface area contributed by atoms with Crippen molar-refractivity contribution in [3.05, 3.63) is 106 Å². The van der Waals surface area contributed by atoms with Gasteiger partial charge in [0, 0.05) is 18.7 Å². The van der Waals surface area contributed by atoms with Gasteiger partial charge in [0.2, 0.25) is 5.88 Å². The molecule has 4 nitrogen and oxygen atoms in total. The van der Waals surface area contributed by atoms with Crippen LogP contribution in [0.4, 0.5) is 11.5 Å². The van der Waals surface area contributed by atoms with Crippen molar-refractivity contribution in [3.8, 4) is 5.88 Å². The van der Waals surface area contributed by atoms with E-state index in [9.17, 15) is 0 Å². The third-order valence-electron chi connectivity index (χ3n) is 4.31. The SMILES string of the molecule is C/C=C(OC)/C(=C/C)C1=C=C=C=C=C1COc1cccc(N(C)c2[c]c#cc#c2)n1. The van der Waals surface area contributed by atoms with E-state index in [0.717, 1.165) is 22.5 Å². The Balaban J connectivity index is 1.78. The van der Waals surface area contributed by atoms with Crippen LogP contribution in [-0.2, 0) is 4.74 Å². The Hall–Kier alpha value is -4.25. The van der Waals surface area contributed by atoms with E-state index in [2.05, 4.69) is 58.2 Å². The van der Waals surface area contributed by atoms with Crippen LogP contribution in [0.1, 0.15) is 13.8 Å². The molecule has 0 aliphatic heterocycles. The summed E-state index contributed by atoms with van der Waals surface area (Å²) in [6.45, 7) is 4.11. The van der Waals surface area contributed by atoms with Crippen molar-refractivity contribution in [2.24, 2.45) is 0 Å². The van der Waals surface area contributed by atoms with E-state index in [-0.39, 0.29) is 6.61 Å². The van der Waals surface area contributed by atoms with Gasteiger partial charge in [0.1, 0.15) is 23.9 Å². The van der Waals surface area contributed by atoms with E-state index in [4.69, 9.17) is 9.47 Å². The number of allylic oxidation sites excluding steroid dienone is 3. The van der Waals surface area contributed by atoms with E-state index in [1.807, 2.05) is 50.1 Å². The molecule has 1 aromatic heterocycles. The van der Waals surface area contributed by atoms with Crippen molar-refractivity contribution in [2.75, 3.05) is 25.7 Å². The molecular weight excluding hydrogens is 372 g/mol. The molecule has 0 amide bonds. The fourth-order valence-electron chi connectivity index (χ4n) is 2.81. The Morgan fingerprint density at radius 2 is 1.93 bits per heavy atom. The standard InChI is InChI=1S/C26H19N2O2/c1-5-22(24(6-2)29-4)23-16-11-10-13-20(23)19-30-26-18-12-17-25(27-26)28(3)21-14-8-7-9-15-21/h5-6,12,17-18H,19H2,1-4H3/b22-5+,24-6-. The van der Waals surface area contributed by atoms with Crippen LogP contribution in [0.2, 0.25) is 0 Å². The van der Waals surface area contributed by atoms with Gasteiger partial charge in [0.05, 0.1) is 24.3 Å². The number of rotatable bonds is 8. The molecule has 145 valence electrons. The molecule has 3 rings (SSSR count). The Morgan fingerprint density at radius 1 is 1.10 bits per heavy atom. The number of hydrogen-bond donors (Lipinski definition) is 0. The Morgan fingerprint density at radius 3 is 2.63 bits per heavy atom. The summed E-state index contributed by atoms with van der Waals surface area (Å²) < 4.78 is 11.4. The minimum atomic E-state index is 0.245. The van der Waals surface area contributed by atoms with Gasteiger partial charge >= 0.3 is 0 Å². The molecule has 30 heavy (non-hydrogen) atoms. The first-order valence-electron chi connectivity index (χ1n) is 9.28. The van der Waals surface area contributed by atoms with Crippen LogP contribution in [0.15, 0.2) is 75.8 Å². The highest BCUT2D eigenvalue weighted by molar-refractivity contribution is 5.57. The van der Waals surface area contributed by atoms with Gasteiger partial charge in [-0.3, -0.25) is 0 Å². The van der Waals surface area contributed by atoms with Gasteiger partial charge < -0.3 is 14.4 Å². The zero-order valence-electron chi connectivity index (χ0n) is 17.3. The first kappa shape index (κ1) is 20.5. The second kappa shape index (κ2) is 9.80. The van der Waals surface area contributed by atoms with E-state index in [0.29, 0.717) is 17.4 Å². The largest absolute Gasteiger partial charge is 0.496 e. The minimum absolute atomic E-state index is 0.245. The maximum atomic E-state index is 5.95. The van der Waals surface area contributed by atoms with Gasteiger partial charge in [-0.1, -0.05) is 23.6 Å². The van der Waals surface area contributed by atoms with E-state index in [1.165, 1.54) is 0 Å². The summed E-state index contributed by atoms with van der Waals surface area (Å²) in [5.74, 6) is 1.90. The minimum Gasteiger partial charge on any atom is -0.496 e. The van der Waals surface area contributed by atoms with Gasteiger partial charge in [-0.2, -0.15) is 4.98 Å². The Kier molecular flexibility index (Phi) is 6.69. The number of aromatic nitrogens is 1. The number of pyridine rings is 1. The molecule has 0 saturated carbocycles. The number of hydrogen-bond acceptors (Lipinski definition) is 4. The van der Waals surface area contributed by atoms with E-state index in [1.54, 1.807) is 13.2 Å². The molecule has 1 heterocycles. The predicted molar refractivity (Wildman–Crippen MR) is 114 cm³/mol. The highest BCUT2D eigenvalue weighted by atomic mass is 16.5. The molecule has 1 radical (unpaired) electrons. The van der Waals surface area contributed by atoms with Crippen molar-refractivity contribution in [1.29, 1.82) is 0 Å². The third-order valence-corrected chi connectivity index (χ3v) is 4.31. The summed E-state index contributed by atoms with van der Waals surface area (Å²) in [7, 11) is 3.50. The molecule has 2 aromatic rings. The van der Waals surface area contributed by atoms with Gasteiger partial charge in [-0.25, -0.2) is 0 Å². The maximum Gasteiger partial charge on any atom is 0.215 e. The summed E-state index contributed by atoms with van der Waals surface area (Å²) in [5, 5.41) is 0. The lowest BCUT2D eigenvalue weighted by Gasteiger charge is -2.17. The number of ether oxygens (including phenoxy) is 2. The predicted octanol–water partition coefficient (Wildman–Crippen LogP) is 4.66. The lowest BCUT2D eigenvalue weighted by atomic mass is 9.96. The first-order chi connectivity index (χ1) is 14.7. The van der Waals surface area contributed by atoms with E-state index < -0.39 is 0 Å². The second-order valence-corrected chi connectivity index (χ2v) is 6.07. The van der Waals surface area contributed by atoms with Crippen LogP contribution in [0.25, 0.3) is 0 Å². The zero-order valence-corrected chi connectivity index (χ0v) is 17.3. The summed E-state index contributed by atoms with van der Waals surface area (Å²) >= 11 is 0. The van der Waals surface area contributed by atoms with Crippen LogP contribution in [0.3, 0.4) is 0 Å². The molecule has 0 saturated heterocycles. The fourth-order valence-corrected chi connectivity index (χ4v) is 2.81. The van der Waals surface area contributed by atoms with Crippen LogP contribution in [0, 0.1) is 30.3 Å². The lowest BCUT2D eigenvalue weighted by molar-refractivity contribution is 0.300. The molecule has 4 heteroatoms. The highest BCUT2D eigenvalue weighted by Gasteiger charge is 2.16. The highest BCUT2D eigenvalue weighted by Crippen LogP contribution is 2.27. The number of anilines is 2. The van der Waals surface area contributed by atoms with E-state index >= 15 is 0 Å². The fraction of sp³-hybridized carbons (Fsp3) is 0.192. The molecule has 0 N–H and O–H groups in total. The molecule has 1 aliphatic carbocycles. The zero-order chi connectivity index (χ0) is 21.3. The van der Waals surface area contributed by atoms with Crippen molar-refractivity contribution in [3.63, 3.8) is 0 Å². The lowest BCUT2D eigenvalue weighted by Crippen LogP contribution is -2.12. The monoisotopic (exact) mass is 391 g/mol. The van der Waals surface area contributed by atoms with Crippen molar-refractivity contribution < 1.29 is 9.47 Å². The van der Waals surface area contributed by atoms with Gasteiger partial charge in [0.25, 0.3) is 0 Å². The first-order valence-corrected chi connectivity index (χ1v) is 9.28. The van der Waals surface area contributed by atoms with Gasteiger partial charge in [0.15, 0.2) is 0 Å².